The van der Waals surface area contributed by atoms with Crippen LogP contribution in [0.15, 0.2) is 4.99 Å². The second-order valence-electron chi connectivity index (χ2n) is 15.6. The molecule has 0 aliphatic rings. The van der Waals surface area contributed by atoms with Crippen LogP contribution in [-0.4, -0.2) is 149 Å². The molecule has 0 aromatic rings. The van der Waals surface area contributed by atoms with Gasteiger partial charge in [0.15, 0.2) is 5.96 Å². The molecule has 7 amide bonds. The van der Waals surface area contributed by atoms with Crippen LogP contribution in [0.2, 0.25) is 0 Å². The summed E-state index contributed by atoms with van der Waals surface area (Å²) in [4.78, 5) is 109. The van der Waals surface area contributed by atoms with Gasteiger partial charge in [-0.05, 0) is 62.8 Å². The molecule has 61 heavy (non-hydrogen) atoms. The van der Waals surface area contributed by atoms with Crippen molar-refractivity contribution in [3.63, 3.8) is 0 Å². The van der Waals surface area contributed by atoms with E-state index in [9.17, 15) is 53.7 Å². The van der Waals surface area contributed by atoms with Crippen molar-refractivity contribution in [2.75, 3.05) is 32.1 Å². The number of guanidine groups is 1. The summed E-state index contributed by atoms with van der Waals surface area (Å²) in [6.45, 7) is 8.87. The van der Waals surface area contributed by atoms with Crippen LogP contribution < -0.4 is 60.2 Å². The average Bonchev–Trinajstić information content (AvgIpc) is 3.18. The zero-order valence-corrected chi connectivity index (χ0v) is 36.8. The number of carbonyl (C=O) groups is 8. The first-order chi connectivity index (χ1) is 28.5. The first-order valence-electron chi connectivity index (χ1n) is 20.2. The fourth-order valence-corrected chi connectivity index (χ4v) is 5.88. The number of aliphatic imine (C=N–C) groups is 1. The fourth-order valence-electron chi connectivity index (χ4n) is 5.62. The van der Waals surface area contributed by atoms with Gasteiger partial charge in [-0.15, -0.1) is 0 Å². The SMILES string of the molecule is CC(C)C[C@H](NC(=O)[C@H](CO)NC(=O)[C@@H](NC(=O)[C@@H](N)CO)C(C)C)C(=O)N[C@@H](CS)C(=O)N[C@H](C(=O)N[C@@H](CCCCN)C(=O)N[C@@H](CCCN=C(N)N)C(=O)O)C(C)C. The van der Waals surface area contributed by atoms with Crippen molar-refractivity contribution >= 4 is 65.9 Å². The molecule has 0 aliphatic carbocycles. The number of aliphatic hydroxyl groups excluding tert-OH is 2. The summed E-state index contributed by atoms with van der Waals surface area (Å²) in [7, 11) is 0. The van der Waals surface area contributed by atoms with Crippen molar-refractivity contribution < 1.29 is 53.7 Å². The summed E-state index contributed by atoms with van der Waals surface area (Å²) in [5, 5.41) is 46.3. The monoisotopic (exact) mass is 891 g/mol. The molecule has 0 bridgehead atoms. The minimum Gasteiger partial charge on any atom is -0.480 e. The Morgan fingerprint density at radius 3 is 1.48 bits per heavy atom. The van der Waals surface area contributed by atoms with Crippen LogP contribution >= 0.6 is 12.6 Å². The zero-order chi connectivity index (χ0) is 47.0. The number of unbranched alkanes of at least 4 members (excludes halogenated alkanes) is 1. The molecule has 0 rings (SSSR count). The Kier molecular flexibility index (Phi) is 27.2. The highest BCUT2D eigenvalue weighted by Gasteiger charge is 2.35. The van der Waals surface area contributed by atoms with E-state index < -0.39 is 121 Å². The smallest absolute Gasteiger partial charge is 0.326 e. The van der Waals surface area contributed by atoms with E-state index in [-0.39, 0.29) is 49.9 Å². The van der Waals surface area contributed by atoms with Gasteiger partial charge in [0.25, 0.3) is 0 Å². The number of nitrogens with one attached hydrogen (secondary N) is 7. The molecule has 0 spiro atoms. The maximum absolute atomic E-state index is 13.7. The van der Waals surface area contributed by atoms with Gasteiger partial charge in [0, 0.05) is 12.3 Å². The van der Waals surface area contributed by atoms with E-state index in [0.29, 0.717) is 19.4 Å². The number of carboxylic acid groups (broad SMARTS) is 1. The van der Waals surface area contributed by atoms with Gasteiger partial charge < -0.3 is 75.5 Å². The number of hydrogen-bond acceptors (Lipinski definition) is 14. The number of carbonyl (C=O) groups excluding carboxylic acids is 7. The van der Waals surface area contributed by atoms with Crippen LogP contribution in [-0.2, 0) is 38.4 Å². The number of nitrogens with two attached hydrogens (primary N) is 4. The number of nitrogens with zero attached hydrogens (tertiary/aromatic N) is 1. The Morgan fingerprint density at radius 2 is 1.02 bits per heavy atom. The number of rotatable bonds is 30. The molecular weight excluding hydrogens is 821 g/mol. The molecule has 0 fully saturated rings. The van der Waals surface area contributed by atoms with Crippen molar-refractivity contribution in [3.8, 4) is 0 Å². The summed E-state index contributed by atoms with van der Waals surface area (Å²) >= 11 is 4.22. The minimum atomic E-state index is -1.57. The molecule has 0 saturated carbocycles. The molecular formula is C37H70N12O11S. The highest BCUT2D eigenvalue weighted by molar-refractivity contribution is 7.80. The highest BCUT2D eigenvalue weighted by atomic mass is 32.1. The molecule has 0 aromatic carbocycles. The lowest BCUT2D eigenvalue weighted by atomic mass is 10.0. The Morgan fingerprint density at radius 1 is 0.574 bits per heavy atom. The predicted octanol–water partition coefficient (Wildman–Crippen LogP) is -4.75. The molecule has 18 N–H and O–H groups in total. The lowest BCUT2D eigenvalue weighted by Crippen LogP contribution is -2.62. The quantitative estimate of drug-likeness (QED) is 0.0139. The maximum atomic E-state index is 13.7. The average molecular weight is 891 g/mol. The van der Waals surface area contributed by atoms with E-state index in [1.165, 1.54) is 0 Å². The molecule has 23 nitrogen and oxygen atoms in total. The van der Waals surface area contributed by atoms with Gasteiger partial charge in [0.2, 0.25) is 41.4 Å². The van der Waals surface area contributed by atoms with Gasteiger partial charge >= 0.3 is 5.97 Å². The summed E-state index contributed by atoms with van der Waals surface area (Å²) in [6, 6.07) is -10.5. The van der Waals surface area contributed by atoms with Crippen LogP contribution in [0, 0.1) is 17.8 Å². The molecule has 350 valence electrons. The van der Waals surface area contributed by atoms with E-state index in [1.807, 2.05) is 0 Å². The van der Waals surface area contributed by atoms with Gasteiger partial charge in [0.05, 0.1) is 13.2 Å². The van der Waals surface area contributed by atoms with Crippen molar-refractivity contribution in [2.24, 2.45) is 45.7 Å². The molecule has 0 unspecified atom stereocenters. The molecule has 0 radical (unpaired) electrons. The van der Waals surface area contributed by atoms with Gasteiger partial charge in [0.1, 0.15) is 48.3 Å². The zero-order valence-electron chi connectivity index (χ0n) is 35.9. The lowest BCUT2D eigenvalue weighted by Gasteiger charge is -2.29. The third-order valence-electron chi connectivity index (χ3n) is 9.14. The standard InChI is InChI=1S/C37H70N12O11S/c1-18(2)14-24(45-32(55)25(16-51)46-35(58)27(19(3)4)48-29(52)21(39)15-50)31(54)47-26(17-61)33(56)49-28(20(5)6)34(57)43-22(10-7-8-12-38)30(53)44-23(36(59)60)11-9-13-42-37(40)41/h18-28,50-51,61H,7-17,38-39H2,1-6H3,(H,43,57)(H,44,53)(H,45,55)(H,46,58)(H,47,54)(H,48,52)(H,49,56)(H,59,60)(H4,40,41,42)/t21-,22-,23-,24-,25-,26-,27-,28-/m0/s1. The topological polar surface area (TPSA) is 398 Å². The maximum Gasteiger partial charge on any atom is 0.326 e. The Balaban J connectivity index is 6.04. The third kappa shape index (κ3) is 21.5. The van der Waals surface area contributed by atoms with Crippen molar-refractivity contribution in [2.45, 2.75) is 128 Å². The molecule has 0 aliphatic heterocycles. The number of thiol groups is 1. The second kappa shape index (κ2) is 29.5. The Hall–Kier alpha value is -4.78. The van der Waals surface area contributed by atoms with Crippen LogP contribution in [0.25, 0.3) is 0 Å². The molecule has 0 saturated heterocycles. The number of carboxylic acids is 1. The first-order valence-corrected chi connectivity index (χ1v) is 20.9. The van der Waals surface area contributed by atoms with E-state index in [0.717, 1.165) is 0 Å². The fraction of sp³-hybridized carbons (Fsp3) is 0.757. The largest absolute Gasteiger partial charge is 0.480 e. The minimum absolute atomic E-state index is 0.00852. The number of aliphatic carboxylic acids is 1. The summed E-state index contributed by atoms with van der Waals surface area (Å²) in [5.74, 6) is -8.77. The third-order valence-corrected chi connectivity index (χ3v) is 9.50. The van der Waals surface area contributed by atoms with E-state index in [1.54, 1.807) is 41.5 Å². The van der Waals surface area contributed by atoms with Crippen LogP contribution in [0.4, 0.5) is 0 Å². The molecule has 24 heteroatoms. The molecule has 0 heterocycles. The van der Waals surface area contributed by atoms with Gasteiger partial charge in [-0.2, -0.15) is 12.6 Å². The van der Waals surface area contributed by atoms with Crippen LogP contribution in [0.5, 0.6) is 0 Å². The van der Waals surface area contributed by atoms with E-state index in [2.05, 4.69) is 54.8 Å². The van der Waals surface area contributed by atoms with Crippen LogP contribution in [0.1, 0.15) is 80.1 Å². The molecule has 8 atom stereocenters. The number of hydrogen-bond donors (Lipinski definition) is 15. The number of amides is 7. The summed E-state index contributed by atoms with van der Waals surface area (Å²) in [5.41, 5.74) is 21.8. The number of aliphatic hydroxyl groups is 2. The predicted molar refractivity (Wildman–Crippen MR) is 229 cm³/mol. The van der Waals surface area contributed by atoms with Gasteiger partial charge in [-0.25, -0.2) is 4.79 Å². The summed E-state index contributed by atoms with van der Waals surface area (Å²) < 4.78 is 0. The first kappa shape index (κ1) is 56.2. The highest BCUT2D eigenvalue weighted by Crippen LogP contribution is 2.10. The lowest BCUT2D eigenvalue weighted by molar-refractivity contribution is -0.142. The van der Waals surface area contributed by atoms with E-state index >= 15 is 0 Å². The molecule has 0 aromatic heterocycles. The van der Waals surface area contributed by atoms with Crippen molar-refractivity contribution in [1.82, 2.24) is 37.2 Å². The summed E-state index contributed by atoms with van der Waals surface area (Å²) in [6.07, 6.45) is 1.28. The Bertz CT molecular complexity index is 1480. The van der Waals surface area contributed by atoms with Gasteiger partial charge in [-0.3, -0.25) is 38.6 Å². The van der Waals surface area contributed by atoms with Crippen molar-refractivity contribution in [1.29, 1.82) is 0 Å². The van der Waals surface area contributed by atoms with Gasteiger partial charge in [-0.1, -0.05) is 41.5 Å². The van der Waals surface area contributed by atoms with Crippen molar-refractivity contribution in [3.05, 3.63) is 0 Å². The normalized spacial score (nSPS) is 15.2. The Labute approximate surface area is 362 Å². The second-order valence-corrected chi connectivity index (χ2v) is 16.0. The van der Waals surface area contributed by atoms with Crippen LogP contribution in [0.3, 0.4) is 0 Å². The van der Waals surface area contributed by atoms with E-state index in [4.69, 9.17) is 22.9 Å².